The van der Waals surface area contributed by atoms with Crippen LogP contribution in [0.15, 0.2) is 11.1 Å². The van der Waals surface area contributed by atoms with Crippen LogP contribution in [0.5, 0.6) is 0 Å². The molecule has 0 heteroatoms. The molecule has 0 nitrogen and oxygen atoms in total. The lowest BCUT2D eigenvalue weighted by atomic mass is 9.81. The van der Waals surface area contributed by atoms with E-state index in [4.69, 9.17) is 0 Å². The molecule has 17 heavy (non-hydrogen) atoms. The van der Waals surface area contributed by atoms with Crippen LogP contribution in [0.4, 0.5) is 0 Å². The van der Waals surface area contributed by atoms with Crippen LogP contribution < -0.4 is 0 Å². The van der Waals surface area contributed by atoms with E-state index in [2.05, 4.69) is 6.92 Å². The summed E-state index contributed by atoms with van der Waals surface area (Å²) in [6, 6.07) is 0. The Kier molecular flexibility index (Phi) is 3.59. The van der Waals surface area contributed by atoms with Crippen molar-refractivity contribution in [3.63, 3.8) is 0 Å². The van der Waals surface area contributed by atoms with Gasteiger partial charge in [0.05, 0.1) is 0 Å². The Bertz CT molecular complexity index is 285. The average Bonchev–Trinajstić information content (AvgIpc) is 3.02. The molecular formula is C17H28. The van der Waals surface area contributed by atoms with Crippen molar-refractivity contribution in [2.24, 2.45) is 17.8 Å². The lowest BCUT2D eigenvalue weighted by molar-refractivity contribution is 0.488. The third kappa shape index (κ3) is 2.46. The molecule has 0 heterocycles. The van der Waals surface area contributed by atoms with Gasteiger partial charge in [-0.3, -0.25) is 0 Å². The van der Waals surface area contributed by atoms with Crippen LogP contribution in [-0.2, 0) is 0 Å². The molecular weight excluding hydrogens is 204 g/mol. The van der Waals surface area contributed by atoms with Crippen LogP contribution in [0, 0.1) is 17.8 Å². The van der Waals surface area contributed by atoms with Crippen molar-refractivity contribution in [3.8, 4) is 0 Å². The molecule has 0 bridgehead atoms. The van der Waals surface area contributed by atoms with Crippen LogP contribution in [0.25, 0.3) is 0 Å². The Hall–Kier alpha value is -0.260. The SMILES string of the molecule is CC1CCC(C(=C2CCCC2)C2CCCC2)C1. The lowest BCUT2D eigenvalue weighted by Gasteiger charge is -2.24. The second kappa shape index (κ2) is 5.16. The maximum atomic E-state index is 2.46. The Morgan fingerprint density at radius 2 is 1.53 bits per heavy atom. The molecule has 3 fully saturated rings. The minimum Gasteiger partial charge on any atom is -0.0704 e. The number of allylic oxidation sites excluding steroid dienone is 2. The normalized spacial score (nSPS) is 34.8. The third-order valence-corrected chi connectivity index (χ3v) is 5.54. The summed E-state index contributed by atoms with van der Waals surface area (Å²) in [5, 5.41) is 0. The zero-order valence-corrected chi connectivity index (χ0v) is 11.5. The molecule has 3 aliphatic rings. The predicted octanol–water partition coefficient (Wildman–Crippen LogP) is 5.48. The Labute approximate surface area is 107 Å². The van der Waals surface area contributed by atoms with Crippen molar-refractivity contribution >= 4 is 0 Å². The smallest absolute Gasteiger partial charge is 0.0195 e. The van der Waals surface area contributed by atoms with Crippen LogP contribution in [0.1, 0.15) is 77.6 Å². The Morgan fingerprint density at radius 3 is 2.12 bits per heavy atom. The number of rotatable bonds is 2. The molecule has 0 aromatic heterocycles. The van der Waals surface area contributed by atoms with Gasteiger partial charge in [-0.25, -0.2) is 0 Å². The number of hydrogen-bond acceptors (Lipinski definition) is 0. The second-order valence-corrected chi connectivity index (χ2v) is 6.86. The molecule has 96 valence electrons. The molecule has 2 atom stereocenters. The molecule has 0 N–H and O–H groups in total. The summed E-state index contributed by atoms with van der Waals surface area (Å²) in [6.45, 7) is 2.46. The Balaban J connectivity index is 1.82. The molecule has 0 amide bonds. The van der Waals surface area contributed by atoms with Gasteiger partial charge in [0.15, 0.2) is 0 Å². The fraction of sp³-hybridized carbons (Fsp3) is 0.882. The molecule has 3 saturated carbocycles. The van der Waals surface area contributed by atoms with Crippen LogP contribution in [0.2, 0.25) is 0 Å². The molecule has 0 aliphatic heterocycles. The van der Waals surface area contributed by atoms with Gasteiger partial charge in [0, 0.05) is 0 Å². The molecule has 0 aromatic rings. The van der Waals surface area contributed by atoms with E-state index in [1.165, 1.54) is 70.6 Å². The van der Waals surface area contributed by atoms with Gasteiger partial charge in [-0.05, 0) is 69.1 Å². The van der Waals surface area contributed by atoms with Crippen molar-refractivity contribution in [2.45, 2.75) is 77.6 Å². The minimum absolute atomic E-state index is 0.999. The molecule has 3 rings (SSSR count). The van der Waals surface area contributed by atoms with Gasteiger partial charge < -0.3 is 0 Å². The summed E-state index contributed by atoms with van der Waals surface area (Å²) in [6.07, 6.45) is 16.4. The van der Waals surface area contributed by atoms with Gasteiger partial charge in [-0.2, -0.15) is 0 Å². The first-order valence-electron chi connectivity index (χ1n) is 8.06. The van der Waals surface area contributed by atoms with Gasteiger partial charge in [-0.15, -0.1) is 0 Å². The van der Waals surface area contributed by atoms with E-state index in [0.717, 1.165) is 17.8 Å². The molecule has 0 radical (unpaired) electrons. The van der Waals surface area contributed by atoms with Crippen molar-refractivity contribution in [1.29, 1.82) is 0 Å². The predicted molar refractivity (Wildman–Crippen MR) is 74.0 cm³/mol. The first kappa shape index (κ1) is 11.8. The highest BCUT2D eigenvalue weighted by Crippen LogP contribution is 2.46. The maximum Gasteiger partial charge on any atom is -0.0195 e. The fourth-order valence-electron chi connectivity index (χ4n) is 4.73. The first-order chi connectivity index (χ1) is 8.34. The topological polar surface area (TPSA) is 0 Å². The highest BCUT2D eigenvalue weighted by molar-refractivity contribution is 5.24. The first-order valence-corrected chi connectivity index (χ1v) is 8.06. The van der Waals surface area contributed by atoms with Gasteiger partial charge in [0.2, 0.25) is 0 Å². The minimum atomic E-state index is 0.999. The van der Waals surface area contributed by atoms with Gasteiger partial charge in [-0.1, -0.05) is 37.3 Å². The average molecular weight is 232 g/mol. The van der Waals surface area contributed by atoms with Gasteiger partial charge in [0.25, 0.3) is 0 Å². The fourth-order valence-corrected chi connectivity index (χ4v) is 4.73. The summed E-state index contributed by atoms with van der Waals surface area (Å²) in [5.41, 5.74) is 3.93. The zero-order valence-electron chi connectivity index (χ0n) is 11.5. The Morgan fingerprint density at radius 1 is 0.824 bits per heavy atom. The van der Waals surface area contributed by atoms with E-state index in [1.54, 1.807) is 0 Å². The monoisotopic (exact) mass is 232 g/mol. The largest absolute Gasteiger partial charge is 0.0704 e. The van der Waals surface area contributed by atoms with Crippen LogP contribution in [0.3, 0.4) is 0 Å². The van der Waals surface area contributed by atoms with Crippen molar-refractivity contribution < 1.29 is 0 Å². The summed E-state index contributed by atoms with van der Waals surface area (Å²) in [7, 11) is 0. The summed E-state index contributed by atoms with van der Waals surface area (Å²) in [5.74, 6) is 3.01. The van der Waals surface area contributed by atoms with E-state index in [-0.39, 0.29) is 0 Å². The number of hydrogen-bond donors (Lipinski definition) is 0. The standard InChI is InChI=1S/C17H28/c1-13-10-11-16(12-13)17(14-6-2-3-7-14)15-8-4-5-9-15/h13-14,16H,2-12H2,1H3. The molecule has 0 aromatic carbocycles. The van der Waals surface area contributed by atoms with E-state index >= 15 is 0 Å². The highest BCUT2D eigenvalue weighted by atomic mass is 14.4. The van der Waals surface area contributed by atoms with E-state index < -0.39 is 0 Å². The second-order valence-electron chi connectivity index (χ2n) is 6.86. The summed E-state index contributed by atoms with van der Waals surface area (Å²) < 4.78 is 0. The summed E-state index contributed by atoms with van der Waals surface area (Å²) >= 11 is 0. The van der Waals surface area contributed by atoms with Crippen molar-refractivity contribution in [1.82, 2.24) is 0 Å². The van der Waals surface area contributed by atoms with Crippen molar-refractivity contribution in [3.05, 3.63) is 11.1 Å². The van der Waals surface area contributed by atoms with Gasteiger partial charge >= 0.3 is 0 Å². The molecule has 3 aliphatic carbocycles. The summed E-state index contributed by atoms with van der Waals surface area (Å²) in [4.78, 5) is 0. The highest BCUT2D eigenvalue weighted by Gasteiger charge is 2.32. The third-order valence-electron chi connectivity index (χ3n) is 5.54. The maximum absolute atomic E-state index is 2.46. The van der Waals surface area contributed by atoms with Crippen LogP contribution in [-0.4, -0.2) is 0 Å². The quantitative estimate of drug-likeness (QED) is 0.553. The van der Waals surface area contributed by atoms with Crippen molar-refractivity contribution in [2.75, 3.05) is 0 Å². The lowest BCUT2D eigenvalue weighted by Crippen LogP contribution is -2.11. The van der Waals surface area contributed by atoms with E-state index in [9.17, 15) is 0 Å². The molecule has 2 unspecified atom stereocenters. The van der Waals surface area contributed by atoms with Gasteiger partial charge in [0.1, 0.15) is 0 Å². The van der Waals surface area contributed by atoms with E-state index in [1.807, 2.05) is 11.1 Å². The molecule has 0 saturated heterocycles. The van der Waals surface area contributed by atoms with Crippen LogP contribution >= 0.6 is 0 Å². The zero-order chi connectivity index (χ0) is 11.7. The molecule has 0 spiro atoms. The van der Waals surface area contributed by atoms with E-state index in [0.29, 0.717) is 0 Å².